The van der Waals surface area contributed by atoms with Gasteiger partial charge in [-0.2, -0.15) is 0 Å². The largest absolute Gasteiger partial charge is 0.337 e. The second kappa shape index (κ2) is 8.92. The molecule has 1 N–H and O–H groups in total. The summed E-state index contributed by atoms with van der Waals surface area (Å²) in [5.74, 6) is 0.263. The molecular formula is C17H23ClFN5O. The Balaban J connectivity index is 0.00000225. The van der Waals surface area contributed by atoms with Crippen molar-refractivity contribution in [3.8, 4) is 0 Å². The number of piperidine rings is 1. The molecule has 0 atom stereocenters. The van der Waals surface area contributed by atoms with Crippen LogP contribution in [0, 0.1) is 11.7 Å². The molecule has 1 amide bonds. The van der Waals surface area contributed by atoms with E-state index in [0.717, 1.165) is 38.0 Å². The number of carbonyl (C=O) groups is 1. The monoisotopic (exact) mass is 367 g/mol. The number of amides is 1. The standard InChI is InChI=1S/C17H22FN5O.ClH/c1-19-10-13-5-7-22(8-6-13)17(24)16-12-23(21-20-16)11-14-3-2-4-15(18)9-14;/h2-4,9,12-13,19H,5-8,10-11H2,1H3;1H. The van der Waals surface area contributed by atoms with Gasteiger partial charge < -0.3 is 10.2 Å². The van der Waals surface area contributed by atoms with Crippen molar-refractivity contribution in [3.63, 3.8) is 0 Å². The van der Waals surface area contributed by atoms with Crippen molar-refractivity contribution >= 4 is 18.3 Å². The van der Waals surface area contributed by atoms with E-state index in [4.69, 9.17) is 0 Å². The molecule has 1 aromatic heterocycles. The van der Waals surface area contributed by atoms with Crippen LogP contribution < -0.4 is 5.32 Å². The summed E-state index contributed by atoms with van der Waals surface area (Å²) in [5.41, 5.74) is 1.13. The van der Waals surface area contributed by atoms with Crippen LogP contribution in [0.2, 0.25) is 0 Å². The van der Waals surface area contributed by atoms with Crippen molar-refractivity contribution in [2.24, 2.45) is 5.92 Å². The van der Waals surface area contributed by atoms with E-state index >= 15 is 0 Å². The number of nitrogens with one attached hydrogen (secondary N) is 1. The maximum absolute atomic E-state index is 13.2. The molecule has 1 aromatic carbocycles. The molecule has 0 aliphatic carbocycles. The van der Waals surface area contributed by atoms with Gasteiger partial charge in [0, 0.05) is 13.1 Å². The molecular weight excluding hydrogens is 345 g/mol. The van der Waals surface area contributed by atoms with Gasteiger partial charge in [0.2, 0.25) is 0 Å². The van der Waals surface area contributed by atoms with Crippen molar-refractivity contribution < 1.29 is 9.18 Å². The van der Waals surface area contributed by atoms with E-state index in [1.54, 1.807) is 16.9 Å². The summed E-state index contributed by atoms with van der Waals surface area (Å²) in [6, 6.07) is 6.33. The Bertz CT molecular complexity index is 700. The van der Waals surface area contributed by atoms with Gasteiger partial charge in [-0.1, -0.05) is 17.3 Å². The molecule has 3 rings (SSSR count). The molecule has 0 radical (unpaired) electrons. The first-order valence-electron chi connectivity index (χ1n) is 8.24. The number of aromatic nitrogens is 3. The number of hydrogen-bond donors (Lipinski definition) is 1. The Morgan fingerprint density at radius 3 is 2.80 bits per heavy atom. The number of carbonyl (C=O) groups excluding carboxylic acids is 1. The second-order valence-electron chi connectivity index (χ2n) is 6.22. The average Bonchev–Trinajstić information content (AvgIpc) is 3.04. The van der Waals surface area contributed by atoms with Crippen LogP contribution in [-0.4, -0.2) is 52.5 Å². The van der Waals surface area contributed by atoms with Gasteiger partial charge in [-0.15, -0.1) is 17.5 Å². The van der Waals surface area contributed by atoms with Crippen molar-refractivity contribution in [1.29, 1.82) is 0 Å². The molecule has 8 heteroatoms. The minimum Gasteiger partial charge on any atom is -0.337 e. The highest BCUT2D eigenvalue weighted by atomic mass is 35.5. The summed E-state index contributed by atoms with van der Waals surface area (Å²) in [5, 5.41) is 11.2. The minimum atomic E-state index is -0.284. The van der Waals surface area contributed by atoms with Crippen molar-refractivity contribution in [2.45, 2.75) is 19.4 Å². The summed E-state index contributed by atoms with van der Waals surface area (Å²) >= 11 is 0. The Morgan fingerprint density at radius 1 is 1.36 bits per heavy atom. The van der Waals surface area contributed by atoms with Gasteiger partial charge >= 0.3 is 0 Å². The first-order valence-corrected chi connectivity index (χ1v) is 8.24. The lowest BCUT2D eigenvalue weighted by atomic mass is 9.97. The molecule has 6 nitrogen and oxygen atoms in total. The van der Waals surface area contributed by atoms with Gasteiger partial charge in [-0.3, -0.25) is 4.79 Å². The van der Waals surface area contributed by atoms with E-state index in [0.29, 0.717) is 18.2 Å². The maximum atomic E-state index is 13.2. The molecule has 2 heterocycles. The molecule has 1 aliphatic rings. The lowest BCUT2D eigenvalue weighted by molar-refractivity contribution is 0.0685. The molecule has 0 bridgehead atoms. The van der Waals surface area contributed by atoms with Crippen molar-refractivity contribution in [3.05, 3.63) is 47.5 Å². The predicted molar refractivity (Wildman–Crippen MR) is 95.3 cm³/mol. The third-order valence-corrected chi connectivity index (χ3v) is 4.39. The smallest absolute Gasteiger partial charge is 0.276 e. The topological polar surface area (TPSA) is 63.1 Å². The molecule has 1 saturated heterocycles. The molecule has 136 valence electrons. The summed E-state index contributed by atoms with van der Waals surface area (Å²) < 4.78 is 14.8. The highest BCUT2D eigenvalue weighted by Gasteiger charge is 2.25. The van der Waals surface area contributed by atoms with Crippen molar-refractivity contribution in [2.75, 3.05) is 26.7 Å². The Kier molecular flexibility index (Phi) is 6.90. The van der Waals surface area contributed by atoms with E-state index in [-0.39, 0.29) is 24.1 Å². The summed E-state index contributed by atoms with van der Waals surface area (Å²) in [6.07, 6.45) is 3.64. The minimum absolute atomic E-state index is 0. The van der Waals surface area contributed by atoms with Gasteiger partial charge in [-0.25, -0.2) is 9.07 Å². The number of halogens is 2. The number of rotatable bonds is 5. The van der Waals surface area contributed by atoms with Gasteiger partial charge in [0.15, 0.2) is 5.69 Å². The first kappa shape index (κ1) is 19.3. The molecule has 1 aliphatic heterocycles. The zero-order chi connectivity index (χ0) is 16.9. The first-order chi connectivity index (χ1) is 11.7. The van der Waals surface area contributed by atoms with Crippen LogP contribution in [0.1, 0.15) is 28.9 Å². The van der Waals surface area contributed by atoms with E-state index in [1.807, 2.05) is 18.0 Å². The maximum Gasteiger partial charge on any atom is 0.276 e. The molecule has 25 heavy (non-hydrogen) atoms. The number of likely N-dealkylation sites (tertiary alicyclic amines) is 1. The van der Waals surface area contributed by atoms with Gasteiger partial charge in [0.05, 0.1) is 12.7 Å². The summed E-state index contributed by atoms with van der Waals surface area (Å²) in [4.78, 5) is 14.4. The lowest BCUT2D eigenvalue weighted by Crippen LogP contribution is -2.40. The van der Waals surface area contributed by atoms with Crippen LogP contribution in [-0.2, 0) is 6.54 Å². The van der Waals surface area contributed by atoms with E-state index in [1.165, 1.54) is 12.1 Å². The van der Waals surface area contributed by atoms with E-state index < -0.39 is 0 Å². The van der Waals surface area contributed by atoms with Crippen LogP contribution in [0.25, 0.3) is 0 Å². The normalized spacial score (nSPS) is 15.0. The third-order valence-electron chi connectivity index (χ3n) is 4.39. The molecule has 0 saturated carbocycles. The fraction of sp³-hybridized carbons (Fsp3) is 0.471. The highest BCUT2D eigenvalue weighted by Crippen LogP contribution is 2.18. The van der Waals surface area contributed by atoms with Crippen LogP contribution >= 0.6 is 12.4 Å². The fourth-order valence-electron chi connectivity index (χ4n) is 3.09. The fourth-order valence-corrected chi connectivity index (χ4v) is 3.09. The Labute approximate surface area is 152 Å². The molecule has 0 unspecified atom stereocenters. The van der Waals surface area contributed by atoms with Crippen molar-refractivity contribution in [1.82, 2.24) is 25.2 Å². The second-order valence-corrected chi connectivity index (χ2v) is 6.22. The quantitative estimate of drug-likeness (QED) is 0.877. The van der Waals surface area contributed by atoms with Crippen LogP contribution in [0.15, 0.2) is 30.5 Å². The summed E-state index contributed by atoms with van der Waals surface area (Å²) in [7, 11) is 1.95. The number of hydrogen-bond acceptors (Lipinski definition) is 4. The third kappa shape index (κ3) is 4.99. The lowest BCUT2D eigenvalue weighted by Gasteiger charge is -2.31. The highest BCUT2D eigenvalue weighted by molar-refractivity contribution is 5.92. The number of benzene rings is 1. The Morgan fingerprint density at radius 2 is 2.12 bits per heavy atom. The Hall–Kier alpha value is -1.99. The zero-order valence-corrected chi connectivity index (χ0v) is 15.0. The average molecular weight is 368 g/mol. The van der Waals surface area contributed by atoms with E-state index in [9.17, 15) is 9.18 Å². The predicted octanol–water partition coefficient (Wildman–Crippen LogP) is 1.96. The van der Waals surface area contributed by atoms with Gasteiger partial charge in [-0.05, 0) is 50.0 Å². The van der Waals surface area contributed by atoms with Gasteiger partial charge in [0.1, 0.15) is 5.82 Å². The van der Waals surface area contributed by atoms with Crippen LogP contribution in [0.5, 0.6) is 0 Å². The van der Waals surface area contributed by atoms with E-state index in [2.05, 4.69) is 15.6 Å². The zero-order valence-electron chi connectivity index (χ0n) is 14.2. The van der Waals surface area contributed by atoms with Crippen LogP contribution in [0.3, 0.4) is 0 Å². The SMILES string of the molecule is CNCC1CCN(C(=O)c2cn(Cc3cccc(F)c3)nn2)CC1.Cl. The molecule has 2 aromatic rings. The van der Waals surface area contributed by atoms with Crippen LogP contribution in [0.4, 0.5) is 4.39 Å². The number of nitrogens with zero attached hydrogens (tertiary/aromatic N) is 4. The molecule has 0 spiro atoms. The molecule has 1 fully saturated rings. The van der Waals surface area contributed by atoms with Gasteiger partial charge in [0.25, 0.3) is 5.91 Å². The summed E-state index contributed by atoms with van der Waals surface area (Å²) in [6.45, 7) is 2.89.